The maximum absolute atomic E-state index is 12.5. The lowest BCUT2D eigenvalue weighted by molar-refractivity contribution is -0.139. The molecule has 3 rings (SSSR count). The number of carbonyl (C=O) groups excluding carboxylic acids is 2. The minimum atomic E-state index is -0.367. The number of benzene rings is 2. The van der Waals surface area contributed by atoms with Crippen LogP contribution >= 0.6 is 27.5 Å². The second-order valence-corrected chi connectivity index (χ2v) is 9.48. The summed E-state index contributed by atoms with van der Waals surface area (Å²) in [5, 5.41) is 3.46. The second kappa shape index (κ2) is 8.76. The highest BCUT2D eigenvalue weighted by atomic mass is 79.9. The van der Waals surface area contributed by atoms with Crippen LogP contribution in [0.25, 0.3) is 0 Å². The Morgan fingerprint density at radius 1 is 1.03 bits per heavy atom. The van der Waals surface area contributed by atoms with Crippen LogP contribution in [0.1, 0.15) is 31.1 Å². The predicted molar refractivity (Wildman–Crippen MR) is 122 cm³/mol. The molecule has 2 aromatic carbocycles. The highest BCUT2D eigenvalue weighted by molar-refractivity contribution is 9.10. The first-order chi connectivity index (χ1) is 13.6. The topological polar surface area (TPSA) is 52.7 Å². The first-order valence-corrected chi connectivity index (χ1v) is 10.7. The Morgan fingerprint density at radius 3 is 2.31 bits per heavy atom. The summed E-state index contributed by atoms with van der Waals surface area (Å²) in [7, 11) is 0. The zero-order valence-corrected chi connectivity index (χ0v) is 19.2. The molecule has 1 aliphatic rings. The standard InChI is InChI=1S/C22H25BrClN3O2/c1-22(2,3)21(29)27-11-9-26(10-12-27)19-8-7-17(14-18(19)24)25-20(28)15-5-4-6-16(23)13-15/h4-8,13-14H,9-12H2,1-3H3,(H,25,28). The summed E-state index contributed by atoms with van der Waals surface area (Å²) in [6, 6.07) is 12.7. The molecule has 0 bridgehead atoms. The summed E-state index contributed by atoms with van der Waals surface area (Å²) in [6.07, 6.45) is 0. The number of amides is 2. The van der Waals surface area contributed by atoms with Crippen molar-refractivity contribution in [3.63, 3.8) is 0 Å². The molecule has 154 valence electrons. The Balaban J connectivity index is 1.64. The summed E-state index contributed by atoms with van der Waals surface area (Å²) in [5.41, 5.74) is 1.76. The van der Waals surface area contributed by atoms with E-state index >= 15 is 0 Å². The minimum absolute atomic E-state index is 0.175. The van der Waals surface area contributed by atoms with Gasteiger partial charge in [-0.2, -0.15) is 0 Å². The lowest BCUT2D eigenvalue weighted by atomic mass is 9.94. The van der Waals surface area contributed by atoms with E-state index in [4.69, 9.17) is 11.6 Å². The summed E-state index contributed by atoms with van der Waals surface area (Å²) in [4.78, 5) is 29.0. The highest BCUT2D eigenvalue weighted by Crippen LogP contribution is 2.30. The second-order valence-electron chi connectivity index (χ2n) is 8.16. The zero-order valence-electron chi connectivity index (χ0n) is 16.8. The van der Waals surface area contributed by atoms with Gasteiger partial charge in [0.15, 0.2) is 0 Å². The number of halogens is 2. The predicted octanol–water partition coefficient (Wildman–Crippen LogP) is 5.05. The molecule has 2 amide bonds. The van der Waals surface area contributed by atoms with E-state index in [0.29, 0.717) is 29.4 Å². The first kappa shape index (κ1) is 21.7. The van der Waals surface area contributed by atoms with Crippen LogP contribution in [0, 0.1) is 5.41 Å². The molecule has 1 saturated heterocycles. The molecule has 2 aromatic rings. The Bertz CT molecular complexity index is 919. The largest absolute Gasteiger partial charge is 0.367 e. The van der Waals surface area contributed by atoms with Gasteiger partial charge in [-0.15, -0.1) is 0 Å². The molecule has 0 aliphatic carbocycles. The number of piperazine rings is 1. The number of carbonyl (C=O) groups is 2. The Kier molecular flexibility index (Phi) is 6.54. The number of rotatable bonds is 3. The molecular weight excluding hydrogens is 454 g/mol. The molecule has 0 atom stereocenters. The number of nitrogens with zero attached hydrogens (tertiary/aromatic N) is 2. The van der Waals surface area contributed by atoms with Crippen molar-refractivity contribution in [1.29, 1.82) is 0 Å². The Morgan fingerprint density at radius 2 is 1.72 bits per heavy atom. The summed E-state index contributed by atoms with van der Waals surface area (Å²) in [5.74, 6) is -0.0155. The van der Waals surface area contributed by atoms with Crippen LogP contribution in [0.3, 0.4) is 0 Å². The molecular formula is C22H25BrClN3O2. The Labute approximate surface area is 185 Å². The molecule has 0 saturated carbocycles. The summed E-state index contributed by atoms with van der Waals surface area (Å²) >= 11 is 9.88. The molecule has 0 spiro atoms. The van der Waals surface area contributed by atoms with Crippen molar-refractivity contribution < 1.29 is 9.59 Å². The monoisotopic (exact) mass is 477 g/mol. The smallest absolute Gasteiger partial charge is 0.255 e. The van der Waals surface area contributed by atoms with Crippen molar-refractivity contribution in [1.82, 2.24) is 4.90 Å². The van der Waals surface area contributed by atoms with Crippen molar-refractivity contribution in [3.05, 3.63) is 57.5 Å². The van der Waals surface area contributed by atoms with E-state index < -0.39 is 0 Å². The van der Waals surface area contributed by atoms with Crippen molar-refractivity contribution in [3.8, 4) is 0 Å². The van der Waals surface area contributed by atoms with Crippen molar-refractivity contribution in [2.45, 2.75) is 20.8 Å². The molecule has 1 N–H and O–H groups in total. The van der Waals surface area contributed by atoms with Crippen LogP contribution in [0.5, 0.6) is 0 Å². The van der Waals surface area contributed by atoms with Gasteiger partial charge in [0.1, 0.15) is 0 Å². The zero-order chi connectivity index (χ0) is 21.2. The van der Waals surface area contributed by atoms with E-state index in [2.05, 4.69) is 26.1 Å². The highest BCUT2D eigenvalue weighted by Gasteiger charge is 2.30. The van der Waals surface area contributed by atoms with Crippen LogP contribution < -0.4 is 10.2 Å². The van der Waals surface area contributed by atoms with E-state index in [1.54, 1.807) is 18.2 Å². The normalized spacial score (nSPS) is 14.7. The molecule has 1 aliphatic heterocycles. The number of hydrogen-bond acceptors (Lipinski definition) is 3. The van der Waals surface area contributed by atoms with Crippen LogP contribution in [-0.4, -0.2) is 42.9 Å². The van der Waals surface area contributed by atoms with E-state index in [0.717, 1.165) is 23.2 Å². The number of anilines is 2. The van der Waals surface area contributed by atoms with Gasteiger partial charge >= 0.3 is 0 Å². The summed E-state index contributed by atoms with van der Waals surface area (Å²) < 4.78 is 0.850. The lowest BCUT2D eigenvalue weighted by Crippen LogP contribution is -2.51. The van der Waals surface area contributed by atoms with Crippen molar-refractivity contribution in [2.24, 2.45) is 5.41 Å². The molecule has 0 unspecified atom stereocenters. The molecule has 7 heteroatoms. The number of hydrogen-bond donors (Lipinski definition) is 1. The SMILES string of the molecule is CC(C)(C)C(=O)N1CCN(c2ccc(NC(=O)c3cccc(Br)c3)cc2Cl)CC1. The maximum atomic E-state index is 12.5. The van der Waals surface area contributed by atoms with Gasteiger partial charge < -0.3 is 15.1 Å². The third-order valence-electron chi connectivity index (χ3n) is 4.84. The van der Waals surface area contributed by atoms with Crippen LogP contribution in [0.4, 0.5) is 11.4 Å². The van der Waals surface area contributed by atoms with E-state index in [1.165, 1.54) is 0 Å². The molecule has 0 radical (unpaired) electrons. The molecule has 5 nitrogen and oxygen atoms in total. The van der Waals surface area contributed by atoms with E-state index in [9.17, 15) is 9.59 Å². The molecule has 0 aromatic heterocycles. The van der Waals surface area contributed by atoms with E-state index in [1.807, 2.05) is 49.9 Å². The van der Waals surface area contributed by atoms with Crippen molar-refractivity contribution >= 4 is 50.7 Å². The third-order valence-corrected chi connectivity index (χ3v) is 5.64. The van der Waals surface area contributed by atoms with Gasteiger partial charge in [-0.3, -0.25) is 9.59 Å². The minimum Gasteiger partial charge on any atom is -0.367 e. The van der Waals surface area contributed by atoms with Crippen LogP contribution in [-0.2, 0) is 4.79 Å². The average molecular weight is 479 g/mol. The Hall–Kier alpha value is -2.05. The van der Waals surface area contributed by atoms with Gasteiger partial charge in [-0.1, -0.05) is 54.4 Å². The third kappa shape index (κ3) is 5.31. The lowest BCUT2D eigenvalue weighted by Gasteiger charge is -2.39. The van der Waals surface area contributed by atoms with Crippen LogP contribution in [0.2, 0.25) is 5.02 Å². The van der Waals surface area contributed by atoms with Gasteiger partial charge in [0.2, 0.25) is 5.91 Å². The van der Waals surface area contributed by atoms with E-state index in [-0.39, 0.29) is 17.2 Å². The van der Waals surface area contributed by atoms with Crippen LogP contribution in [0.15, 0.2) is 46.9 Å². The van der Waals surface area contributed by atoms with Gasteiger partial charge in [-0.05, 0) is 36.4 Å². The van der Waals surface area contributed by atoms with Gasteiger partial charge in [-0.25, -0.2) is 0 Å². The van der Waals surface area contributed by atoms with Gasteiger partial charge in [0.05, 0.1) is 10.7 Å². The first-order valence-electron chi connectivity index (χ1n) is 9.56. The molecule has 1 fully saturated rings. The fraction of sp³-hybridized carbons (Fsp3) is 0.364. The fourth-order valence-electron chi connectivity index (χ4n) is 3.30. The number of nitrogens with one attached hydrogen (secondary N) is 1. The molecule has 1 heterocycles. The quantitative estimate of drug-likeness (QED) is 0.672. The fourth-order valence-corrected chi connectivity index (χ4v) is 4.00. The average Bonchev–Trinajstić information content (AvgIpc) is 2.67. The van der Waals surface area contributed by atoms with Gasteiger partial charge in [0, 0.05) is 47.3 Å². The maximum Gasteiger partial charge on any atom is 0.255 e. The molecule has 29 heavy (non-hydrogen) atoms. The summed E-state index contributed by atoms with van der Waals surface area (Å²) in [6.45, 7) is 8.64. The van der Waals surface area contributed by atoms with Gasteiger partial charge in [0.25, 0.3) is 5.91 Å². The van der Waals surface area contributed by atoms with Crippen molar-refractivity contribution in [2.75, 3.05) is 36.4 Å².